The molecule has 4 nitrogen and oxygen atoms in total. The third kappa shape index (κ3) is 3.06. The summed E-state index contributed by atoms with van der Waals surface area (Å²) < 4.78 is 2.27. The number of hydrogen-bond acceptors (Lipinski definition) is 3. The lowest BCUT2D eigenvalue weighted by molar-refractivity contribution is 0.332. The van der Waals surface area contributed by atoms with Crippen molar-refractivity contribution in [3.05, 3.63) is 18.2 Å². The van der Waals surface area contributed by atoms with E-state index < -0.39 is 0 Å². The molecule has 1 aliphatic carbocycles. The van der Waals surface area contributed by atoms with E-state index in [4.69, 9.17) is 0 Å². The number of nitrogens with zero attached hydrogens (tertiary/aromatic N) is 3. The van der Waals surface area contributed by atoms with Crippen LogP contribution >= 0.6 is 0 Å². The van der Waals surface area contributed by atoms with Gasteiger partial charge in [-0.3, -0.25) is 0 Å². The highest BCUT2D eigenvalue weighted by Crippen LogP contribution is 2.19. The quantitative estimate of drug-likeness (QED) is 0.786. The molecule has 1 fully saturated rings. The molecule has 1 N–H and O–H groups in total. The van der Waals surface area contributed by atoms with E-state index in [-0.39, 0.29) is 0 Å². The minimum Gasteiger partial charge on any atom is -0.329 e. The first kappa shape index (κ1) is 11.6. The molecule has 0 amide bonds. The minimum atomic E-state index is 0.480. The van der Waals surface area contributed by atoms with Crippen LogP contribution in [-0.4, -0.2) is 41.1 Å². The van der Waals surface area contributed by atoms with Crippen molar-refractivity contribution < 1.29 is 0 Å². The van der Waals surface area contributed by atoms with E-state index in [9.17, 15) is 0 Å². The van der Waals surface area contributed by atoms with Crippen molar-refractivity contribution in [1.82, 2.24) is 19.8 Å². The molecule has 1 heterocycles. The molecule has 1 unspecified atom stereocenters. The van der Waals surface area contributed by atoms with Gasteiger partial charge >= 0.3 is 0 Å². The van der Waals surface area contributed by atoms with Crippen LogP contribution in [0.15, 0.2) is 12.5 Å². The fourth-order valence-electron chi connectivity index (χ4n) is 2.02. The van der Waals surface area contributed by atoms with Gasteiger partial charge in [0.25, 0.3) is 0 Å². The zero-order valence-corrected chi connectivity index (χ0v) is 10.5. The van der Waals surface area contributed by atoms with E-state index in [0.717, 1.165) is 19.1 Å². The van der Waals surface area contributed by atoms with E-state index in [1.165, 1.54) is 18.5 Å². The summed E-state index contributed by atoms with van der Waals surface area (Å²) in [5, 5.41) is 3.53. The molecule has 0 spiro atoms. The second-order valence-corrected chi connectivity index (χ2v) is 5.06. The van der Waals surface area contributed by atoms with Gasteiger partial charge in [0, 0.05) is 31.4 Å². The number of likely N-dealkylation sites (N-methyl/N-ethyl adjacent to an activating group) is 1. The predicted octanol–water partition coefficient (Wildman–Crippen LogP) is 1.26. The molecule has 2 rings (SSSR count). The summed E-state index contributed by atoms with van der Waals surface area (Å²) in [5.41, 5.74) is 1.29. The fraction of sp³-hybridized carbons (Fsp3) is 0.750. The molecule has 1 atom stereocenters. The molecule has 1 aromatic heterocycles. The molecular weight excluding hydrogens is 200 g/mol. The van der Waals surface area contributed by atoms with Gasteiger partial charge in [0.2, 0.25) is 0 Å². The van der Waals surface area contributed by atoms with Crippen molar-refractivity contribution in [3.63, 3.8) is 0 Å². The number of imidazole rings is 1. The lowest BCUT2D eigenvalue weighted by Crippen LogP contribution is -2.25. The van der Waals surface area contributed by atoms with Crippen LogP contribution in [0.5, 0.6) is 0 Å². The zero-order chi connectivity index (χ0) is 11.5. The minimum absolute atomic E-state index is 0.480. The van der Waals surface area contributed by atoms with Gasteiger partial charge in [-0.05, 0) is 33.9 Å². The zero-order valence-electron chi connectivity index (χ0n) is 10.5. The Kier molecular flexibility index (Phi) is 3.61. The van der Waals surface area contributed by atoms with E-state index in [1.807, 2.05) is 12.5 Å². The van der Waals surface area contributed by atoms with Crippen molar-refractivity contribution in [3.8, 4) is 0 Å². The maximum absolute atomic E-state index is 4.25. The summed E-state index contributed by atoms with van der Waals surface area (Å²) in [7, 11) is 4.21. The van der Waals surface area contributed by atoms with E-state index in [1.54, 1.807) is 0 Å². The van der Waals surface area contributed by atoms with Crippen LogP contribution in [0.3, 0.4) is 0 Å². The van der Waals surface area contributed by atoms with E-state index in [2.05, 4.69) is 40.8 Å². The van der Waals surface area contributed by atoms with Crippen molar-refractivity contribution in [2.24, 2.45) is 0 Å². The van der Waals surface area contributed by atoms with Crippen LogP contribution in [0, 0.1) is 0 Å². The fourth-order valence-corrected chi connectivity index (χ4v) is 2.02. The summed E-state index contributed by atoms with van der Waals surface area (Å²) in [6, 6.07) is 1.24. The van der Waals surface area contributed by atoms with Gasteiger partial charge in [-0.15, -0.1) is 0 Å². The molecule has 0 aliphatic heterocycles. The van der Waals surface area contributed by atoms with Crippen molar-refractivity contribution >= 4 is 0 Å². The third-order valence-electron chi connectivity index (χ3n) is 3.00. The normalized spacial score (nSPS) is 18.0. The van der Waals surface area contributed by atoms with Crippen molar-refractivity contribution in [1.29, 1.82) is 0 Å². The predicted molar refractivity (Wildman–Crippen MR) is 65.4 cm³/mol. The molecule has 0 aromatic carbocycles. The van der Waals surface area contributed by atoms with Crippen LogP contribution in [0.1, 0.15) is 31.5 Å². The van der Waals surface area contributed by atoms with Crippen LogP contribution in [0.25, 0.3) is 0 Å². The van der Waals surface area contributed by atoms with Gasteiger partial charge in [0.05, 0.1) is 12.0 Å². The van der Waals surface area contributed by atoms with Gasteiger partial charge in [-0.25, -0.2) is 4.98 Å². The first-order chi connectivity index (χ1) is 7.66. The standard InChI is InChI=1S/C12H22N4/c1-10(8-15(2)3)16-9-13-6-12(16)7-14-11-4-5-11/h6,9-11,14H,4-5,7-8H2,1-3H3. The van der Waals surface area contributed by atoms with Crippen molar-refractivity contribution in [2.45, 2.75) is 38.4 Å². The number of aromatic nitrogens is 2. The summed E-state index contributed by atoms with van der Waals surface area (Å²) in [6.07, 6.45) is 6.59. The van der Waals surface area contributed by atoms with Gasteiger partial charge in [0.15, 0.2) is 0 Å². The third-order valence-corrected chi connectivity index (χ3v) is 3.00. The number of nitrogens with one attached hydrogen (secondary N) is 1. The Morgan fingerprint density at radius 2 is 2.31 bits per heavy atom. The Morgan fingerprint density at radius 3 is 2.94 bits per heavy atom. The van der Waals surface area contributed by atoms with E-state index >= 15 is 0 Å². The van der Waals surface area contributed by atoms with Gasteiger partial charge in [-0.2, -0.15) is 0 Å². The Bertz CT molecular complexity index is 328. The Labute approximate surface area is 97.7 Å². The van der Waals surface area contributed by atoms with Crippen LogP contribution in [-0.2, 0) is 6.54 Å². The van der Waals surface area contributed by atoms with E-state index in [0.29, 0.717) is 6.04 Å². The number of hydrogen-bond donors (Lipinski definition) is 1. The Hall–Kier alpha value is -0.870. The molecule has 16 heavy (non-hydrogen) atoms. The Balaban J connectivity index is 1.93. The SMILES string of the molecule is CC(CN(C)C)n1cncc1CNC1CC1. The van der Waals surface area contributed by atoms with Gasteiger partial charge in [0.1, 0.15) is 0 Å². The average Bonchev–Trinajstić information content (AvgIpc) is 2.91. The lowest BCUT2D eigenvalue weighted by atomic mass is 10.3. The van der Waals surface area contributed by atoms with Crippen LogP contribution < -0.4 is 5.32 Å². The molecule has 0 radical (unpaired) electrons. The molecule has 0 bridgehead atoms. The lowest BCUT2D eigenvalue weighted by Gasteiger charge is -2.20. The first-order valence-corrected chi connectivity index (χ1v) is 6.05. The summed E-state index contributed by atoms with van der Waals surface area (Å²) in [5.74, 6) is 0. The molecular formula is C12H22N4. The highest BCUT2D eigenvalue weighted by Gasteiger charge is 2.21. The molecule has 1 saturated carbocycles. The summed E-state index contributed by atoms with van der Waals surface area (Å²) in [4.78, 5) is 6.46. The number of rotatable bonds is 6. The highest BCUT2D eigenvalue weighted by atomic mass is 15.2. The molecule has 4 heteroatoms. The molecule has 90 valence electrons. The van der Waals surface area contributed by atoms with Crippen LogP contribution in [0.4, 0.5) is 0 Å². The largest absolute Gasteiger partial charge is 0.329 e. The summed E-state index contributed by atoms with van der Waals surface area (Å²) >= 11 is 0. The summed E-state index contributed by atoms with van der Waals surface area (Å²) in [6.45, 7) is 4.23. The first-order valence-electron chi connectivity index (χ1n) is 6.05. The van der Waals surface area contributed by atoms with Crippen LogP contribution in [0.2, 0.25) is 0 Å². The second-order valence-electron chi connectivity index (χ2n) is 5.06. The smallest absolute Gasteiger partial charge is 0.0951 e. The maximum Gasteiger partial charge on any atom is 0.0951 e. The second kappa shape index (κ2) is 4.97. The van der Waals surface area contributed by atoms with Gasteiger partial charge < -0.3 is 14.8 Å². The molecule has 1 aromatic rings. The Morgan fingerprint density at radius 1 is 1.56 bits per heavy atom. The van der Waals surface area contributed by atoms with Crippen molar-refractivity contribution in [2.75, 3.05) is 20.6 Å². The van der Waals surface area contributed by atoms with Gasteiger partial charge in [-0.1, -0.05) is 0 Å². The topological polar surface area (TPSA) is 33.1 Å². The monoisotopic (exact) mass is 222 g/mol. The molecule has 1 aliphatic rings. The molecule has 0 saturated heterocycles. The highest BCUT2D eigenvalue weighted by molar-refractivity contribution is 5.01. The maximum atomic E-state index is 4.25. The average molecular weight is 222 g/mol.